The normalized spacial score (nSPS) is 14.6. The fourth-order valence-corrected chi connectivity index (χ4v) is 11.6. The molecule has 0 aromatic carbocycles. The third-order valence-electron chi connectivity index (χ3n) is 15.8. The molecular weight excluding hydrogens is 1240 g/mol. The van der Waals surface area contributed by atoms with Crippen LogP contribution in [-0.2, 0) is 55.8 Å². The molecule has 18 heteroatoms. The van der Waals surface area contributed by atoms with Crippen LogP contribution < -0.4 is 0 Å². The summed E-state index contributed by atoms with van der Waals surface area (Å²) in [5.74, 6) is -1.60. The average Bonchev–Trinajstić information content (AvgIpc) is 2.13. The molecule has 0 saturated carbocycles. The van der Waals surface area contributed by atoms with Gasteiger partial charge in [-0.3, -0.25) is 32.5 Å². The van der Waals surface area contributed by atoms with Crippen LogP contribution in [0, 0.1) is 0 Å². The SMILES string of the molecule is CC/C=C\C/C=C\C/C=C\CCCCCCCC(=O)OCC(COP(=O)(O)OCC(O)COP(=O)(O)OCC(O)COC(=O)CCCCCCCCCCCCCCC/C=C\C/C=C\C/C=C\C/C=C\CCCCC)OC(=O)CCCCCCC/C=C\CCCCCCCC. The second-order valence-corrected chi connectivity index (χ2v) is 28.0. The standard InChI is InChI=1S/C77H136O16P2/c1-4-7-10-13-16-19-22-25-28-29-30-31-32-33-34-35-36-37-38-39-40-41-44-46-48-51-54-57-60-63-75(80)87-66-72(78)67-89-94(83,84)90-68-73(79)69-91-95(85,86)92-71-74(93-77(82)65-62-59-56-53-50-47-43-27-24-21-18-15-12-9-6-3)70-88-76(81)64-61-58-55-52-49-45-42-26-23-20-17-14-11-8-5-2/h8,11,16-17,19-20,25-28,30-31,33-34,42-43,72-74,78-79H,4-7,9-10,12-15,18,21-24,29,32,35-41,44-71H2,1-3H3,(H,83,84)(H,85,86)/b11-8-,19-16-,20-17-,28-25-,31-30-,34-33-,42-26-,43-27-. The minimum absolute atomic E-state index is 0.0912. The van der Waals surface area contributed by atoms with Crippen molar-refractivity contribution in [2.45, 2.75) is 334 Å². The first-order valence-corrected chi connectivity index (χ1v) is 40.5. The zero-order valence-electron chi connectivity index (χ0n) is 59.8. The lowest BCUT2D eigenvalue weighted by molar-refractivity contribution is -0.161. The summed E-state index contributed by atoms with van der Waals surface area (Å²) in [4.78, 5) is 58.5. The molecule has 4 N–H and O–H groups in total. The van der Waals surface area contributed by atoms with E-state index in [1.54, 1.807) is 0 Å². The fraction of sp³-hybridized carbons (Fsp3) is 0.753. The number of carbonyl (C=O) groups is 3. The van der Waals surface area contributed by atoms with E-state index < -0.39 is 91.5 Å². The van der Waals surface area contributed by atoms with Gasteiger partial charge in [-0.25, -0.2) is 9.13 Å². The molecule has 0 heterocycles. The topological polar surface area (TPSA) is 231 Å². The molecule has 0 amide bonds. The van der Waals surface area contributed by atoms with Crippen LogP contribution in [0.1, 0.15) is 316 Å². The lowest BCUT2D eigenvalue weighted by atomic mass is 10.0. The van der Waals surface area contributed by atoms with E-state index in [-0.39, 0.29) is 19.3 Å². The van der Waals surface area contributed by atoms with Crippen LogP contribution in [0.4, 0.5) is 0 Å². The van der Waals surface area contributed by atoms with Crippen LogP contribution in [0.5, 0.6) is 0 Å². The number of phosphoric acid groups is 2. The second-order valence-electron chi connectivity index (χ2n) is 25.1. The maximum Gasteiger partial charge on any atom is 0.472 e. The van der Waals surface area contributed by atoms with Gasteiger partial charge in [0.15, 0.2) is 6.10 Å². The van der Waals surface area contributed by atoms with Gasteiger partial charge in [0, 0.05) is 19.3 Å². The summed E-state index contributed by atoms with van der Waals surface area (Å²) in [5, 5.41) is 20.6. The summed E-state index contributed by atoms with van der Waals surface area (Å²) in [6.45, 7) is 2.52. The maximum atomic E-state index is 12.9. The van der Waals surface area contributed by atoms with Crippen LogP contribution >= 0.6 is 15.6 Å². The number of ether oxygens (including phenoxy) is 3. The van der Waals surface area contributed by atoms with Gasteiger partial charge in [-0.2, -0.15) is 0 Å². The number of carbonyl (C=O) groups excluding carboxylic acids is 3. The second kappa shape index (κ2) is 70.3. The van der Waals surface area contributed by atoms with Crippen molar-refractivity contribution in [2.24, 2.45) is 0 Å². The highest BCUT2D eigenvalue weighted by Gasteiger charge is 2.29. The van der Waals surface area contributed by atoms with E-state index in [0.29, 0.717) is 19.3 Å². The molecule has 0 radical (unpaired) electrons. The van der Waals surface area contributed by atoms with Crippen molar-refractivity contribution in [3.63, 3.8) is 0 Å². The Kier molecular flexibility index (Phi) is 67.7. The van der Waals surface area contributed by atoms with Gasteiger partial charge in [-0.05, 0) is 122 Å². The molecule has 16 nitrogen and oxygen atoms in total. The van der Waals surface area contributed by atoms with Crippen molar-refractivity contribution >= 4 is 33.6 Å². The molecule has 95 heavy (non-hydrogen) atoms. The molecule has 0 saturated heterocycles. The van der Waals surface area contributed by atoms with E-state index in [4.69, 9.17) is 32.3 Å². The van der Waals surface area contributed by atoms with Gasteiger partial charge >= 0.3 is 33.6 Å². The van der Waals surface area contributed by atoms with E-state index in [2.05, 4.69) is 118 Å². The van der Waals surface area contributed by atoms with Gasteiger partial charge in [0.2, 0.25) is 0 Å². The van der Waals surface area contributed by atoms with Crippen LogP contribution in [0.3, 0.4) is 0 Å². The van der Waals surface area contributed by atoms with Gasteiger partial charge in [0.05, 0.1) is 26.4 Å². The Labute approximate surface area is 578 Å². The van der Waals surface area contributed by atoms with E-state index in [9.17, 15) is 43.5 Å². The first kappa shape index (κ1) is 91.5. The number of hydrogen-bond acceptors (Lipinski definition) is 14. The highest BCUT2D eigenvalue weighted by molar-refractivity contribution is 7.47. The van der Waals surface area contributed by atoms with E-state index in [1.165, 1.54) is 122 Å². The van der Waals surface area contributed by atoms with E-state index in [0.717, 1.165) is 135 Å². The Bertz CT molecular complexity index is 2120. The van der Waals surface area contributed by atoms with E-state index in [1.807, 2.05) is 0 Å². The van der Waals surface area contributed by atoms with Gasteiger partial charge < -0.3 is 34.2 Å². The number of rotatable bonds is 71. The molecule has 550 valence electrons. The lowest BCUT2D eigenvalue weighted by Gasteiger charge is -2.21. The van der Waals surface area contributed by atoms with Crippen molar-refractivity contribution in [2.75, 3.05) is 39.6 Å². The summed E-state index contributed by atoms with van der Waals surface area (Å²) in [6, 6.07) is 0. The molecular formula is C77H136O16P2. The third kappa shape index (κ3) is 71.6. The Morgan fingerprint density at radius 1 is 0.305 bits per heavy atom. The largest absolute Gasteiger partial charge is 0.472 e. The summed E-state index contributed by atoms with van der Waals surface area (Å²) in [5.41, 5.74) is 0. The van der Waals surface area contributed by atoms with Crippen molar-refractivity contribution in [1.29, 1.82) is 0 Å². The molecule has 0 aromatic rings. The summed E-state index contributed by atoms with van der Waals surface area (Å²) < 4.78 is 61.0. The Hall–Kier alpha value is -3.53. The van der Waals surface area contributed by atoms with Crippen molar-refractivity contribution in [3.05, 3.63) is 97.2 Å². The van der Waals surface area contributed by atoms with Gasteiger partial charge in [-0.1, -0.05) is 272 Å². The smallest absolute Gasteiger partial charge is 0.463 e. The number of phosphoric ester groups is 2. The molecule has 5 unspecified atom stereocenters. The molecule has 0 aliphatic rings. The van der Waals surface area contributed by atoms with Crippen LogP contribution in [0.2, 0.25) is 0 Å². The van der Waals surface area contributed by atoms with Crippen LogP contribution in [0.25, 0.3) is 0 Å². The molecule has 0 aliphatic heterocycles. The number of hydrogen-bond donors (Lipinski definition) is 4. The predicted octanol–water partition coefficient (Wildman–Crippen LogP) is 21.4. The van der Waals surface area contributed by atoms with Crippen molar-refractivity contribution in [3.8, 4) is 0 Å². The van der Waals surface area contributed by atoms with E-state index >= 15 is 0 Å². The molecule has 0 fully saturated rings. The number of aliphatic hydroxyl groups is 2. The Morgan fingerprint density at radius 2 is 0.558 bits per heavy atom. The van der Waals surface area contributed by atoms with Crippen LogP contribution in [0.15, 0.2) is 97.2 Å². The predicted molar refractivity (Wildman–Crippen MR) is 390 cm³/mol. The van der Waals surface area contributed by atoms with Crippen molar-refractivity contribution < 1.29 is 75.8 Å². The van der Waals surface area contributed by atoms with Gasteiger partial charge in [0.25, 0.3) is 0 Å². The van der Waals surface area contributed by atoms with Gasteiger partial charge in [-0.15, -0.1) is 0 Å². The molecule has 0 spiro atoms. The quantitative estimate of drug-likeness (QED) is 0.0146. The number of esters is 3. The molecule has 0 aliphatic carbocycles. The maximum absolute atomic E-state index is 12.9. The fourth-order valence-electron chi connectivity index (χ4n) is 10.0. The first-order chi connectivity index (χ1) is 46.2. The zero-order valence-corrected chi connectivity index (χ0v) is 61.6. The molecule has 0 aromatic heterocycles. The monoisotopic (exact) mass is 1380 g/mol. The summed E-state index contributed by atoms with van der Waals surface area (Å²) >= 11 is 0. The summed E-state index contributed by atoms with van der Waals surface area (Å²) in [6.07, 6.45) is 78.9. The zero-order chi connectivity index (χ0) is 69.5. The summed E-state index contributed by atoms with van der Waals surface area (Å²) in [7, 11) is -9.78. The highest BCUT2D eigenvalue weighted by Crippen LogP contribution is 2.45. The Balaban J connectivity index is 4.48. The highest BCUT2D eigenvalue weighted by atomic mass is 31.2. The Morgan fingerprint density at radius 3 is 0.916 bits per heavy atom. The molecule has 5 atom stereocenters. The minimum Gasteiger partial charge on any atom is -0.463 e. The number of unbranched alkanes of at least 4 members (excludes halogenated alkanes) is 32. The minimum atomic E-state index is -4.93. The number of allylic oxidation sites excluding steroid dienone is 16. The van der Waals surface area contributed by atoms with Gasteiger partial charge in [0.1, 0.15) is 25.4 Å². The lowest BCUT2D eigenvalue weighted by Crippen LogP contribution is -2.30. The molecule has 0 bridgehead atoms. The van der Waals surface area contributed by atoms with Crippen molar-refractivity contribution in [1.82, 2.24) is 0 Å². The third-order valence-corrected chi connectivity index (χ3v) is 17.7. The first-order valence-electron chi connectivity index (χ1n) is 37.5. The number of aliphatic hydroxyl groups excluding tert-OH is 2. The molecule has 0 rings (SSSR count). The van der Waals surface area contributed by atoms with Crippen LogP contribution in [-0.4, -0.2) is 95.9 Å². The average molecular weight is 1380 g/mol.